The molecule has 0 aliphatic rings. The van der Waals surface area contributed by atoms with E-state index in [1.807, 2.05) is 0 Å². The third-order valence-electron chi connectivity index (χ3n) is 3.62. The highest BCUT2D eigenvalue weighted by Crippen LogP contribution is 2.33. The molecule has 0 aliphatic carbocycles. The van der Waals surface area contributed by atoms with E-state index in [0.717, 1.165) is 43.6 Å². The first-order valence-corrected chi connectivity index (χ1v) is 7.91. The fourth-order valence-electron chi connectivity index (χ4n) is 2.51. The van der Waals surface area contributed by atoms with E-state index in [0.29, 0.717) is 12.4 Å². The molecule has 1 rings (SSSR count). The van der Waals surface area contributed by atoms with Crippen LogP contribution in [0.5, 0.6) is 5.75 Å². The van der Waals surface area contributed by atoms with Gasteiger partial charge in [0, 0.05) is 5.41 Å². The van der Waals surface area contributed by atoms with Gasteiger partial charge in [-0.05, 0) is 42.9 Å². The Morgan fingerprint density at radius 2 is 1.52 bits per heavy atom. The summed E-state index contributed by atoms with van der Waals surface area (Å²) in [7, 11) is 0. The smallest absolute Gasteiger partial charge is 0.416 e. The Kier molecular flexibility index (Phi) is 6.91. The van der Waals surface area contributed by atoms with E-state index in [-0.39, 0.29) is 5.41 Å². The zero-order chi connectivity index (χ0) is 15.9. The molecule has 0 atom stereocenters. The summed E-state index contributed by atoms with van der Waals surface area (Å²) in [6, 6.07) is 4.86. The van der Waals surface area contributed by atoms with E-state index in [1.165, 1.54) is 12.1 Å². The number of thiol groups is 1. The Labute approximate surface area is 130 Å². The molecule has 5 heteroatoms. The van der Waals surface area contributed by atoms with Crippen LogP contribution in [-0.2, 0) is 6.18 Å². The van der Waals surface area contributed by atoms with Crippen molar-refractivity contribution in [3.05, 3.63) is 29.8 Å². The lowest BCUT2D eigenvalue weighted by atomic mass is 9.82. The second kappa shape index (κ2) is 7.97. The van der Waals surface area contributed by atoms with Gasteiger partial charge in [0.25, 0.3) is 0 Å². The molecular formula is C16H23F3OS. The third kappa shape index (κ3) is 5.46. The molecule has 0 bridgehead atoms. The van der Waals surface area contributed by atoms with Crippen LogP contribution >= 0.6 is 12.6 Å². The summed E-state index contributed by atoms with van der Waals surface area (Å²) in [5, 5.41) is 0. The van der Waals surface area contributed by atoms with Crippen LogP contribution in [0, 0.1) is 5.41 Å². The summed E-state index contributed by atoms with van der Waals surface area (Å²) in [5.41, 5.74) is -0.660. The second-order valence-electron chi connectivity index (χ2n) is 5.47. The summed E-state index contributed by atoms with van der Waals surface area (Å²) in [5.74, 6) is 1.19. The molecule has 1 aromatic carbocycles. The maximum atomic E-state index is 12.5. The lowest BCUT2D eigenvalue weighted by Gasteiger charge is -2.31. The van der Waals surface area contributed by atoms with Crippen molar-refractivity contribution in [3.63, 3.8) is 0 Å². The van der Waals surface area contributed by atoms with Crippen molar-refractivity contribution in [1.82, 2.24) is 0 Å². The summed E-state index contributed by atoms with van der Waals surface area (Å²) in [4.78, 5) is 0. The van der Waals surface area contributed by atoms with Crippen molar-refractivity contribution >= 4 is 12.6 Å². The second-order valence-corrected chi connectivity index (χ2v) is 5.79. The predicted octanol–water partition coefficient (Wildman–Crippen LogP) is 5.60. The van der Waals surface area contributed by atoms with Crippen molar-refractivity contribution < 1.29 is 17.9 Å². The average molecular weight is 320 g/mol. The summed E-state index contributed by atoms with van der Waals surface area (Å²) in [6.45, 7) is 4.72. The SMILES string of the molecule is CCCC(CS)(CCC)COc1ccc(C(F)(F)F)cc1. The third-order valence-corrected chi connectivity index (χ3v) is 4.29. The van der Waals surface area contributed by atoms with Gasteiger partial charge in [0.15, 0.2) is 0 Å². The van der Waals surface area contributed by atoms with Gasteiger partial charge in [-0.15, -0.1) is 0 Å². The molecular weight excluding hydrogens is 297 g/mol. The van der Waals surface area contributed by atoms with Crippen LogP contribution in [0.2, 0.25) is 0 Å². The Balaban J connectivity index is 2.71. The molecule has 0 aliphatic heterocycles. The average Bonchev–Trinajstić information content (AvgIpc) is 2.45. The number of ether oxygens (including phenoxy) is 1. The Morgan fingerprint density at radius 1 is 1.00 bits per heavy atom. The molecule has 0 saturated carbocycles. The topological polar surface area (TPSA) is 9.23 Å². The molecule has 0 heterocycles. The van der Waals surface area contributed by atoms with Gasteiger partial charge < -0.3 is 4.74 Å². The molecule has 0 amide bonds. The summed E-state index contributed by atoms with van der Waals surface area (Å²) in [6.07, 6.45) is -0.221. The highest BCUT2D eigenvalue weighted by Gasteiger charge is 2.30. The molecule has 0 radical (unpaired) electrons. The van der Waals surface area contributed by atoms with Gasteiger partial charge in [-0.25, -0.2) is 0 Å². The quantitative estimate of drug-likeness (QED) is 0.613. The lowest BCUT2D eigenvalue weighted by molar-refractivity contribution is -0.137. The molecule has 0 fully saturated rings. The fourth-order valence-corrected chi connectivity index (χ4v) is 2.92. The minimum Gasteiger partial charge on any atom is -0.493 e. The molecule has 0 spiro atoms. The number of rotatable bonds is 8. The van der Waals surface area contributed by atoms with Crippen LogP contribution in [0.4, 0.5) is 13.2 Å². The van der Waals surface area contributed by atoms with E-state index < -0.39 is 11.7 Å². The molecule has 0 aromatic heterocycles. The van der Waals surface area contributed by atoms with Gasteiger partial charge in [-0.1, -0.05) is 26.7 Å². The maximum Gasteiger partial charge on any atom is 0.416 e. The van der Waals surface area contributed by atoms with Gasteiger partial charge in [0.2, 0.25) is 0 Å². The van der Waals surface area contributed by atoms with Crippen molar-refractivity contribution in [1.29, 1.82) is 0 Å². The zero-order valence-corrected chi connectivity index (χ0v) is 13.4. The van der Waals surface area contributed by atoms with Gasteiger partial charge in [-0.2, -0.15) is 25.8 Å². The van der Waals surface area contributed by atoms with E-state index >= 15 is 0 Å². The van der Waals surface area contributed by atoms with Crippen molar-refractivity contribution in [3.8, 4) is 5.75 Å². The predicted molar refractivity (Wildman–Crippen MR) is 83.0 cm³/mol. The Hall–Kier alpha value is -0.840. The monoisotopic (exact) mass is 320 g/mol. The van der Waals surface area contributed by atoms with Crippen LogP contribution < -0.4 is 4.74 Å². The van der Waals surface area contributed by atoms with E-state index in [2.05, 4.69) is 26.5 Å². The fraction of sp³-hybridized carbons (Fsp3) is 0.625. The first-order chi connectivity index (χ1) is 9.87. The summed E-state index contributed by atoms with van der Waals surface area (Å²) >= 11 is 4.44. The van der Waals surface area contributed by atoms with E-state index in [4.69, 9.17) is 4.74 Å². The number of alkyl halides is 3. The molecule has 0 N–H and O–H groups in total. The van der Waals surface area contributed by atoms with Crippen LogP contribution in [0.1, 0.15) is 45.1 Å². The normalized spacial score (nSPS) is 12.5. The Morgan fingerprint density at radius 3 is 1.90 bits per heavy atom. The standard InChI is InChI=1S/C16H23F3OS/c1-3-9-15(12-21,10-4-2)11-20-14-7-5-13(6-8-14)16(17,18)19/h5-8,21H,3-4,9-12H2,1-2H3. The zero-order valence-electron chi connectivity index (χ0n) is 12.5. The molecule has 120 valence electrons. The van der Waals surface area contributed by atoms with E-state index in [9.17, 15) is 13.2 Å². The van der Waals surface area contributed by atoms with Crippen LogP contribution in [0.25, 0.3) is 0 Å². The van der Waals surface area contributed by atoms with Crippen molar-refractivity contribution in [2.24, 2.45) is 5.41 Å². The van der Waals surface area contributed by atoms with Crippen LogP contribution in [0.3, 0.4) is 0 Å². The van der Waals surface area contributed by atoms with Gasteiger partial charge in [0.1, 0.15) is 5.75 Å². The van der Waals surface area contributed by atoms with Crippen molar-refractivity contribution in [2.75, 3.05) is 12.4 Å². The number of benzene rings is 1. The molecule has 0 saturated heterocycles. The van der Waals surface area contributed by atoms with Crippen LogP contribution in [0.15, 0.2) is 24.3 Å². The minimum absolute atomic E-state index is 0.00465. The highest BCUT2D eigenvalue weighted by atomic mass is 32.1. The number of hydrogen-bond acceptors (Lipinski definition) is 2. The molecule has 0 unspecified atom stereocenters. The highest BCUT2D eigenvalue weighted by molar-refractivity contribution is 7.80. The van der Waals surface area contributed by atoms with Gasteiger partial charge in [0.05, 0.1) is 12.2 Å². The van der Waals surface area contributed by atoms with E-state index in [1.54, 1.807) is 0 Å². The Bertz CT molecular complexity index is 409. The first kappa shape index (κ1) is 18.2. The molecule has 1 nitrogen and oxygen atoms in total. The van der Waals surface area contributed by atoms with Crippen molar-refractivity contribution in [2.45, 2.75) is 45.7 Å². The number of hydrogen-bond donors (Lipinski definition) is 1. The number of halogens is 3. The first-order valence-electron chi connectivity index (χ1n) is 7.28. The maximum absolute atomic E-state index is 12.5. The largest absolute Gasteiger partial charge is 0.493 e. The minimum atomic E-state index is -4.31. The van der Waals surface area contributed by atoms with Gasteiger partial charge >= 0.3 is 6.18 Å². The molecule has 21 heavy (non-hydrogen) atoms. The van der Waals surface area contributed by atoms with Gasteiger partial charge in [-0.3, -0.25) is 0 Å². The molecule has 1 aromatic rings. The lowest BCUT2D eigenvalue weighted by Crippen LogP contribution is -2.30. The van der Waals surface area contributed by atoms with Crippen LogP contribution in [-0.4, -0.2) is 12.4 Å². The summed E-state index contributed by atoms with van der Waals surface area (Å²) < 4.78 is 43.2.